The highest BCUT2D eigenvalue weighted by Gasteiger charge is 2.32. The van der Waals surface area contributed by atoms with Gasteiger partial charge < -0.3 is 68.7 Å². The fourth-order valence-corrected chi connectivity index (χ4v) is 19.4. The van der Waals surface area contributed by atoms with Crippen LogP contribution in [-0.4, -0.2) is 132 Å². The fourth-order valence-electron chi connectivity index (χ4n) is 16.9. The van der Waals surface area contributed by atoms with E-state index in [0.717, 1.165) is 165 Å². The maximum absolute atomic E-state index is 14.2. The smallest absolute Gasteiger partial charge is 0.343 e. The summed E-state index contributed by atoms with van der Waals surface area (Å²) in [5, 5.41) is 14.8. The molecule has 0 spiro atoms. The van der Waals surface area contributed by atoms with Crippen LogP contribution in [0.2, 0.25) is 0 Å². The quantitative estimate of drug-likeness (QED) is 0.0308. The standard InChI is InChI=1S/C25H22N2OS.C21H20N2O3S.C18H12BrF3N2S.C18H15IN2S.C18H16N2OS/c29-25-24-21(13-14-27(25)16-18-7-3-1-4-8-18)22-15-20(11-12-23(22)26-24)28-17-19-9-5-2-6-10-19;1-25-19(24)13-26-15-7-8-18-17(11-15)16-9-10-23(21(27)20(16)22-18)12-14-5-3-2-4-6-14;19-10-2-1-9(13(21)5-10)8-24-4-3-12-16-14(22)6-11(20)7-15(16)23-17(12)18(24)25;19-13-6-7-16-15(10-13)14-8-9-21(18(22)17(14)20-16)11-12-4-2-1-3-5-12;21-13-6-7-16-15(10-13)14-8-9-20(18(22)17(14)19-16)11-12-4-2-1-3-5-12/h1-12,15,26H,13-14,16-17H2;2-8,11,22H,9-10,12-13H2,1H3;1-2,5-7,23H,3-4,8H2;1-7,10,20H,8-9,11H2;1-7,10,19,21H,8-9,11H2. The average Bonchev–Trinajstić information content (AvgIpc) is 1.65. The predicted octanol–water partition coefficient (Wildman–Crippen LogP) is 22.1. The van der Waals surface area contributed by atoms with Gasteiger partial charge in [-0.15, -0.1) is 0 Å². The van der Waals surface area contributed by atoms with Crippen LogP contribution in [-0.2, 0) is 81.0 Å². The summed E-state index contributed by atoms with van der Waals surface area (Å²) in [6, 6.07) is 83.1. The van der Waals surface area contributed by atoms with Gasteiger partial charge in [0.25, 0.3) is 0 Å². The Balaban J connectivity index is 0.000000111. The molecule has 15 nitrogen and oxygen atoms in total. The number of rotatable bonds is 16. The van der Waals surface area contributed by atoms with Crippen LogP contribution >= 0.6 is 99.6 Å². The van der Waals surface area contributed by atoms with Crippen LogP contribution in [0, 0.1) is 21.0 Å². The highest BCUT2D eigenvalue weighted by Crippen LogP contribution is 2.38. The molecule has 0 unspecified atom stereocenters. The van der Waals surface area contributed by atoms with E-state index in [1.165, 1.54) is 89.2 Å². The molecule has 11 aromatic carbocycles. The second kappa shape index (κ2) is 38.5. The fraction of sp³-hybridized carbons (Fsp3) is 0.180. The van der Waals surface area contributed by atoms with E-state index in [0.29, 0.717) is 69.2 Å². The molecule has 0 saturated carbocycles. The normalized spacial score (nSPS) is 14.0. The number of phenols is 1. The minimum atomic E-state index is -0.636. The van der Waals surface area contributed by atoms with Gasteiger partial charge in [0.15, 0.2) is 6.61 Å². The maximum atomic E-state index is 14.2. The molecule has 5 aliphatic rings. The van der Waals surface area contributed by atoms with Crippen molar-refractivity contribution in [2.24, 2.45) is 0 Å². The summed E-state index contributed by atoms with van der Waals surface area (Å²) in [7, 11) is 1.35. The molecule has 25 heteroatoms. The third kappa shape index (κ3) is 19.3. The largest absolute Gasteiger partial charge is 0.508 e. The van der Waals surface area contributed by atoms with E-state index in [-0.39, 0.29) is 12.4 Å². The molecule has 0 atom stereocenters. The molecule has 0 aliphatic carbocycles. The summed E-state index contributed by atoms with van der Waals surface area (Å²) in [6.07, 6.45) is 4.41. The molecule has 5 aliphatic heterocycles. The van der Waals surface area contributed by atoms with Crippen molar-refractivity contribution in [3.63, 3.8) is 0 Å². The van der Waals surface area contributed by atoms with Crippen molar-refractivity contribution in [2.75, 3.05) is 46.4 Å². The maximum Gasteiger partial charge on any atom is 0.343 e. The van der Waals surface area contributed by atoms with Crippen molar-refractivity contribution in [1.29, 1.82) is 0 Å². The number of thiocarbonyl (C=S) groups is 5. The number of ether oxygens (including phenoxy) is 3. The number of aromatic hydroxyl groups is 1. The van der Waals surface area contributed by atoms with Crippen molar-refractivity contribution >= 4 is 185 Å². The first-order chi connectivity index (χ1) is 60.8. The van der Waals surface area contributed by atoms with E-state index in [9.17, 15) is 23.1 Å². The molecule has 125 heavy (non-hydrogen) atoms. The lowest BCUT2D eigenvalue weighted by atomic mass is 10.0. The van der Waals surface area contributed by atoms with E-state index >= 15 is 0 Å². The number of methoxy groups -OCH3 is 1. The SMILES string of the molecule is COC(=O)COc1ccc2[nH]c3c(c2c1)CCN(Cc1ccccc1)C3=S.Fc1cc(F)c2c3c([nH]c2c1)C(=S)N(Cc1ccc(Br)cc1F)CC3.Oc1ccc2[nH]c3c(c2c1)CCN(Cc1ccccc1)C3=S.S=C1c2[nH]c3ccc(I)cc3c2CCN1Cc1ccccc1.S=C1c2[nH]c3ccc(OCc4ccccc4)cc3c2CCN1Cc1ccccc1. The van der Waals surface area contributed by atoms with Gasteiger partial charge in [-0.25, -0.2) is 18.0 Å². The molecular weight excluding hydrogens is 1850 g/mol. The number of hydrogen-bond donors (Lipinski definition) is 6. The Kier molecular flexibility index (Phi) is 26.4. The molecule has 6 N–H and O–H groups in total. The number of phenolic OH excluding ortho intramolecular Hbond substituents is 1. The van der Waals surface area contributed by atoms with Gasteiger partial charge in [0.1, 0.15) is 66.2 Å². The number of esters is 1. The molecule has 0 bridgehead atoms. The van der Waals surface area contributed by atoms with Crippen molar-refractivity contribution in [1.82, 2.24) is 49.4 Å². The third-order valence-electron chi connectivity index (χ3n) is 23.2. The van der Waals surface area contributed by atoms with Crippen LogP contribution < -0.4 is 9.47 Å². The van der Waals surface area contributed by atoms with Crippen molar-refractivity contribution < 1.29 is 37.3 Å². The second-order valence-corrected chi connectivity index (χ2v) is 35.3. The number of halogens is 5. The number of aromatic nitrogens is 5. The number of H-pyrrole nitrogens is 5. The molecule has 16 aromatic rings. The van der Waals surface area contributed by atoms with Gasteiger partial charge in [-0.3, -0.25) is 0 Å². The highest BCUT2D eigenvalue weighted by atomic mass is 127. The molecule has 0 amide bonds. The Morgan fingerprint density at radius 1 is 0.392 bits per heavy atom. The zero-order valence-corrected chi connectivity index (χ0v) is 75.8. The number of carbonyl (C=O) groups is 1. The van der Waals surface area contributed by atoms with Crippen molar-refractivity contribution in [3.05, 3.63) is 370 Å². The van der Waals surface area contributed by atoms with E-state index < -0.39 is 17.6 Å². The van der Waals surface area contributed by atoms with Gasteiger partial charge >= 0.3 is 5.97 Å². The van der Waals surface area contributed by atoms with Crippen LogP contribution in [0.1, 0.15) is 89.7 Å². The number of carbonyl (C=O) groups excluding carboxylic acids is 1. The van der Waals surface area contributed by atoms with Crippen LogP contribution in [0.5, 0.6) is 17.2 Å². The van der Waals surface area contributed by atoms with Gasteiger partial charge in [0.2, 0.25) is 0 Å². The molecule has 5 aromatic heterocycles. The number of fused-ring (bicyclic) bond motifs is 15. The first-order valence-corrected chi connectivity index (χ1v) is 45.1. The molecule has 0 radical (unpaired) electrons. The highest BCUT2D eigenvalue weighted by molar-refractivity contribution is 14.1. The van der Waals surface area contributed by atoms with Crippen molar-refractivity contribution in [3.8, 4) is 17.2 Å². The van der Waals surface area contributed by atoms with E-state index in [1.807, 2.05) is 89.8 Å². The topological polar surface area (TPSA) is 160 Å². The number of nitrogens with one attached hydrogen (secondary N) is 5. The van der Waals surface area contributed by atoms with E-state index in [2.05, 4.69) is 221 Å². The average molecular weight is 1930 g/mol. The first-order valence-electron chi connectivity index (χ1n) is 41.2. The van der Waals surface area contributed by atoms with Crippen LogP contribution in [0.15, 0.2) is 259 Å². The Bertz CT molecular complexity index is 6610. The zero-order chi connectivity index (χ0) is 86.4. The Labute approximate surface area is 770 Å². The van der Waals surface area contributed by atoms with Gasteiger partial charge in [-0.05, 0) is 201 Å². The summed E-state index contributed by atoms with van der Waals surface area (Å²) in [5.41, 5.74) is 22.3. The second-order valence-electron chi connectivity index (χ2n) is 31.2. The summed E-state index contributed by atoms with van der Waals surface area (Å²) >= 11 is 34.1. The van der Waals surface area contributed by atoms with Crippen LogP contribution in [0.25, 0.3) is 54.5 Å². The van der Waals surface area contributed by atoms with Crippen LogP contribution in [0.4, 0.5) is 13.2 Å². The summed E-state index contributed by atoms with van der Waals surface area (Å²) in [5.74, 6) is -0.109. The van der Waals surface area contributed by atoms with Crippen molar-refractivity contribution in [2.45, 2.75) is 71.4 Å². The Morgan fingerprint density at radius 3 is 1.18 bits per heavy atom. The molecule has 21 rings (SSSR count). The number of aromatic amines is 5. The minimum Gasteiger partial charge on any atom is -0.508 e. The molecule has 0 fully saturated rings. The van der Waals surface area contributed by atoms with Gasteiger partial charge in [0, 0.05) is 134 Å². The van der Waals surface area contributed by atoms with Crippen LogP contribution in [0.3, 0.4) is 0 Å². The lowest BCUT2D eigenvalue weighted by Crippen LogP contribution is -2.36. The zero-order valence-electron chi connectivity index (χ0n) is 68.0. The molecule has 10 heterocycles. The summed E-state index contributed by atoms with van der Waals surface area (Å²) in [6.45, 7) is 8.41. The molecular formula is C100H85BrF3IN10O5S5. The Hall–Kier alpha value is -11.6. The van der Waals surface area contributed by atoms with E-state index in [1.54, 1.807) is 18.2 Å². The van der Waals surface area contributed by atoms with Gasteiger partial charge in [0.05, 0.1) is 41.1 Å². The van der Waals surface area contributed by atoms with E-state index in [4.69, 9.17) is 70.6 Å². The summed E-state index contributed by atoms with van der Waals surface area (Å²) in [4.78, 5) is 43.2. The number of nitrogens with zero attached hydrogens (tertiary/aromatic N) is 5. The monoisotopic (exact) mass is 1930 g/mol. The predicted molar refractivity (Wildman–Crippen MR) is 523 cm³/mol. The lowest BCUT2D eigenvalue weighted by Gasteiger charge is -2.29. The number of hydrogen-bond acceptors (Lipinski definition) is 10. The number of benzene rings is 11. The third-order valence-corrected chi connectivity index (χ3v) is 26.6. The van der Waals surface area contributed by atoms with Gasteiger partial charge in [-0.2, -0.15) is 0 Å². The minimum absolute atomic E-state index is 0.0993. The molecule has 630 valence electrons. The Morgan fingerprint density at radius 2 is 0.752 bits per heavy atom. The molecule has 0 saturated heterocycles. The summed E-state index contributed by atoms with van der Waals surface area (Å²) < 4.78 is 59.8. The first kappa shape index (κ1) is 85.6. The lowest BCUT2D eigenvalue weighted by molar-refractivity contribution is -0.142. The van der Waals surface area contributed by atoms with Gasteiger partial charge in [-0.1, -0.05) is 235 Å².